The van der Waals surface area contributed by atoms with Crippen LogP contribution in [-0.2, 0) is 4.79 Å². The number of benzodiazepines with no additional fused rings is 1. The summed E-state index contributed by atoms with van der Waals surface area (Å²) in [5.74, 6) is -0.556. The Labute approximate surface area is 120 Å². The standard InChI is InChI=1S/C15H11ClN2O2/c16-10-6-7-12-11(8-10)13(9-4-2-1-3-5-9)18-15(20)14(19)17-12/h1-8,15,20H,(H,17,19)/t15-/m0/s1. The third-order valence-electron chi connectivity index (χ3n) is 3.03. The van der Waals surface area contributed by atoms with Crippen molar-refractivity contribution in [3.63, 3.8) is 0 Å². The molecule has 1 aliphatic heterocycles. The summed E-state index contributed by atoms with van der Waals surface area (Å²) in [5.41, 5.74) is 2.62. The van der Waals surface area contributed by atoms with Crippen molar-refractivity contribution in [2.24, 2.45) is 4.99 Å². The normalized spacial score (nSPS) is 17.8. The first-order chi connectivity index (χ1) is 9.65. The smallest absolute Gasteiger partial charge is 0.276 e. The molecule has 0 radical (unpaired) electrons. The Hall–Kier alpha value is -2.17. The molecule has 2 aromatic carbocycles. The number of benzene rings is 2. The second-order valence-corrected chi connectivity index (χ2v) is 4.83. The third kappa shape index (κ3) is 2.31. The van der Waals surface area contributed by atoms with Gasteiger partial charge in [0.2, 0.25) is 6.23 Å². The highest BCUT2D eigenvalue weighted by Crippen LogP contribution is 2.26. The van der Waals surface area contributed by atoms with Crippen LogP contribution in [0.25, 0.3) is 0 Å². The lowest BCUT2D eigenvalue weighted by Gasteiger charge is -2.10. The van der Waals surface area contributed by atoms with Crippen LogP contribution in [0, 0.1) is 0 Å². The molecule has 0 bridgehead atoms. The van der Waals surface area contributed by atoms with Crippen molar-refractivity contribution in [1.82, 2.24) is 0 Å². The second-order valence-electron chi connectivity index (χ2n) is 4.40. The maximum atomic E-state index is 11.7. The molecule has 0 aromatic heterocycles. The van der Waals surface area contributed by atoms with E-state index in [2.05, 4.69) is 10.3 Å². The number of halogens is 1. The van der Waals surface area contributed by atoms with Crippen molar-refractivity contribution in [3.05, 3.63) is 64.7 Å². The molecular weight excluding hydrogens is 276 g/mol. The van der Waals surface area contributed by atoms with Crippen molar-refractivity contribution < 1.29 is 9.90 Å². The summed E-state index contributed by atoms with van der Waals surface area (Å²) < 4.78 is 0. The van der Waals surface area contributed by atoms with Crippen LogP contribution in [-0.4, -0.2) is 23.0 Å². The first kappa shape index (κ1) is 12.8. The molecule has 0 spiro atoms. The van der Waals surface area contributed by atoms with E-state index in [1.165, 1.54) is 0 Å². The molecule has 0 saturated heterocycles. The Morgan fingerprint density at radius 3 is 2.65 bits per heavy atom. The fourth-order valence-corrected chi connectivity index (χ4v) is 2.27. The number of rotatable bonds is 1. The first-order valence-electron chi connectivity index (χ1n) is 6.07. The van der Waals surface area contributed by atoms with E-state index in [0.29, 0.717) is 22.0 Å². The molecule has 0 unspecified atom stereocenters. The molecule has 4 nitrogen and oxygen atoms in total. The van der Waals surface area contributed by atoms with Gasteiger partial charge < -0.3 is 10.4 Å². The van der Waals surface area contributed by atoms with E-state index in [-0.39, 0.29) is 0 Å². The molecule has 0 fully saturated rings. The lowest BCUT2D eigenvalue weighted by molar-refractivity contribution is -0.123. The number of amides is 1. The molecule has 5 heteroatoms. The zero-order valence-corrected chi connectivity index (χ0v) is 11.1. The predicted octanol–water partition coefficient (Wildman–Crippen LogP) is 2.45. The monoisotopic (exact) mass is 286 g/mol. The molecule has 1 aliphatic rings. The van der Waals surface area contributed by atoms with Crippen LogP contribution in [0.1, 0.15) is 11.1 Å². The maximum Gasteiger partial charge on any atom is 0.276 e. The number of aliphatic imine (C=N–C) groups is 1. The van der Waals surface area contributed by atoms with Crippen LogP contribution in [0.3, 0.4) is 0 Å². The first-order valence-corrected chi connectivity index (χ1v) is 6.45. The number of hydrogen-bond acceptors (Lipinski definition) is 3. The van der Waals surface area contributed by atoms with E-state index >= 15 is 0 Å². The average Bonchev–Trinajstić information content (AvgIpc) is 2.58. The highest BCUT2D eigenvalue weighted by molar-refractivity contribution is 6.32. The summed E-state index contributed by atoms with van der Waals surface area (Å²) in [6.45, 7) is 0. The van der Waals surface area contributed by atoms with E-state index in [1.54, 1.807) is 18.2 Å². The van der Waals surface area contributed by atoms with Crippen LogP contribution < -0.4 is 5.32 Å². The summed E-state index contributed by atoms with van der Waals surface area (Å²) in [7, 11) is 0. The Kier molecular flexibility index (Phi) is 3.26. The number of aliphatic hydroxyl groups excluding tert-OH is 1. The number of anilines is 1. The van der Waals surface area contributed by atoms with Gasteiger partial charge in [-0.3, -0.25) is 4.79 Å². The van der Waals surface area contributed by atoms with Crippen LogP contribution in [0.4, 0.5) is 5.69 Å². The minimum absolute atomic E-state index is 0.536. The molecule has 1 heterocycles. The number of hydrogen-bond donors (Lipinski definition) is 2. The van der Waals surface area contributed by atoms with Gasteiger partial charge in [0.1, 0.15) is 0 Å². The van der Waals surface area contributed by atoms with Crippen LogP contribution >= 0.6 is 11.6 Å². The zero-order chi connectivity index (χ0) is 14.1. The number of fused-ring (bicyclic) bond motifs is 1. The van der Waals surface area contributed by atoms with Crippen LogP contribution in [0.2, 0.25) is 5.02 Å². The Bertz CT molecular complexity index is 698. The largest absolute Gasteiger partial charge is 0.364 e. The molecule has 2 N–H and O–H groups in total. The van der Waals surface area contributed by atoms with Crippen molar-refractivity contribution in [3.8, 4) is 0 Å². The summed E-state index contributed by atoms with van der Waals surface area (Å²) >= 11 is 6.03. The van der Waals surface area contributed by atoms with Gasteiger partial charge in [-0.05, 0) is 18.2 Å². The zero-order valence-electron chi connectivity index (χ0n) is 10.4. The average molecular weight is 287 g/mol. The number of carbonyl (C=O) groups excluding carboxylic acids is 1. The minimum atomic E-state index is -1.43. The summed E-state index contributed by atoms with van der Waals surface area (Å²) in [5, 5.41) is 13.0. The SMILES string of the molecule is O=C1Nc2ccc(Cl)cc2C(c2ccccc2)=N[C@H]1O. The minimum Gasteiger partial charge on any atom is -0.364 e. The van der Waals surface area contributed by atoms with Gasteiger partial charge in [-0.2, -0.15) is 0 Å². The number of carbonyl (C=O) groups is 1. The van der Waals surface area contributed by atoms with E-state index in [4.69, 9.17) is 11.6 Å². The highest BCUT2D eigenvalue weighted by atomic mass is 35.5. The molecule has 1 amide bonds. The van der Waals surface area contributed by atoms with Gasteiger partial charge in [0.25, 0.3) is 5.91 Å². The van der Waals surface area contributed by atoms with Gasteiger partial charge in [-0.15, -0.1) is 0 Å². The Morgan fingerprint density at radius 2 is 1.90 bits per heavy atom. The van der Waals surface area contributed by atoms with Crippen molar-refractivity contribution in [1.29, 1.82) is 0 Å². The van der Waals surface area contributed by atoms with Crippen LogP contribution in [0.5, 0.6) is 0 Å². The fraction of sp³-hybridized carbons (Fsp3) is 0.0667. The molecule has 1 atom stereocenters. The van der Waals surface area contributed by atoms with E-state index in [0.717, 1.165) is 5.56 Å². The van der Waals surface area contributed by atoms with E-state index in [9.17, 15) is 9.90 Å². The van der Waals surface area contributed by atoms with Gasteiger partial charge in [0.05, 0.1) is 11.4 Å². The number of aliphatic hydroxyl groups is 1. The number of nitrogens with one attached hydrogen (secondary N) is 1. The van der Waals surface area contributed by atoms with E-state index in [1.807, 2.05) is 30.3 Å². The quantitative estimate of drug-likeness (QED) is 0.846. The van der Waals surface area contributed by atoms with Gasteiger partial charge in [0, 0.05) is 16.1 Å². The van der Waals surface area contributed by atoms with Crippen molar-refractivity contribution in [2.75, 3.05) is 5.32 Å². The van der Waals surface area contributed by atoms with Gasteiger partial charge >= 0.3 is 0 Å². The molecule has 100 valence electrons. The molecule has 20 heavy (non-hydrogen) atoms. The fourth-order valence-electron chi connectivity index (χ4n) is 2.10. The molecule has 3 rings (SSSR count). The summed E-state index contributed by atoms with van der Waals surface area (Å²) in [4.78, 5) is 15.8. The summed E-state index contributed by atoms with van der Waals surface area (Å²) in [6, 6.07) is 14.5. The third-order valence-corrected chi connectivity index (χ3v) is 3.26. The Morgan fingerprint density at radius 1 is 1.15 bits per heavy atom. The molecule has 2 aromatic rings. The molecule has 0 aliphatic carbocycles. The van der Waals surface area contributed by atoms with Crippen molar-refractivity contribution >= 4 is 28.9 Å². The second kappa shape index (κ2) is 5.07. The lowest BCUT2D eigenvalue weighted by Crippen LogP contribution is -2.24. The topological polar surface area (TPSA) is 61.7 Å². The van der Waals surface area contributed by atoms with Gasteiger partial charge in [-0.25, -0.2) is 4.99 Å². The van der Waals surface area contributed by atoms with Gasteiger partial charge in [-0.1, -0.05) is 41.9 Å². The van der Waals surface area contributed by atoms with E-state index < -0.39 is 12.1 Å². The van der Waals surface area contributed by atoms with Crippen LogP contribution in [0.15, 0.2) is 53.5 Å². The molecule has 0 saturated carbocycles. The Balaban J connectivity index is 2.23. The van der Waals surface area contributed by atoms with Crippen molar-refractivity contribution in [2.45, 2.75) is 6.23 Å². The van der Waals surface area contributed by atoms with Gasteiger partial charge in [0.15, 0.2) is 0 Å². The number of nitrogens with zero attached hydrogens (tertiary/aromatic N) is 1. The predicted molar refractivity (Wildman–Crippen MR) is 78.2 cm³/mol. The lowest BCUT2D eigenvalue weighted by atomic mass is 10.0. The summed E-state index contributed by atoms with van der Waals surface area (Å²) in [6.07, 6.45) is -1.43. The maximum absolute atomic E-state index is 11.7. The highest BCUT2D eigenvalue weighted by Gasteiger charge is 2.23. The molecular formula is C15H11ClN2O2.